The van der Waals surface area contributed by atoms with Crippen LogP contribution in [0.1, 0.15) is 30.1 Å². The van der Waals surface area contributed by atoms with E-state index in [0.717, 1.165) is 56.1 Å². The zero-order valence-electron chi connectivity index (χ0n) is 15.7. The van der Waals surface area contributed by atoms with Crippen molar-refractivity contribution in [3.05, 3.63) is 41.9 Å². The van der Waals surface area contributed by atoms with E-state index in [4.69, 9.17) is 5.26 Å². The molecule has 0 amide bonds. The van der Waals surface area contributed by atoms with Gasteiger partial charge in [-0.05, 0) is 52.2 Å². The number of imidazole rings is 1. The van der Waals surface area contributed by atoms with E-state index in [2.05, 4.69) is 39.9 Å². The average molecular weight is 433 g/mol. The van der Waals surface area contributed by atoms with E-state index in [1.165, 1.54) is 0 Å². The Kier molecular flexibility index (Phi) is 11.6. The molecule has 0 saturated carbocycles. The largest absolute Gasteiger partial charge is 0.342 e. The van der Waals surface area contributed by atoms with Gasteiger partial charge in [0.05, 0.1) is 23.5 Å². The van der Waals surface area contributed by atoms with Gasteiger partial charge in [-0.3, -0.25) is 0 Å². The minimum absolute atomic E-state index is 0. The summed E-state index contributed by atoms with van der Waals surface area (Å²) in [7, 11) is 4.25. The van der Waals surface area contributed by atoms with E-state index in [1.54, 1.807) is 0 Å². The van der Waals surface area contributed by atoms with Crippen LogP contribution in [0.3, 0.4) is 0 Å². The molecule has 0 atom stereocenters. The summed E-state index contributed by atoms with van der Waals surface area (Å²) in [6, 6.07) is 9.85. The van der Waals surface area contributed by atoms with Crippen molar-refractivity contribution >= 4 is 37.2 Å². The normalized spacial score (nSPS) is 14.6. The standard InChI is InChI=1S/C19H25N5.3ClH/c1-23(2)10-11-24-8-6-16(7-9-24)19-21-14-18(22-19)17-5-3-4-15(12-17)13-20;;;/h3-5,12,14,16H,6-11H2,1-2H3,(H,21,22);3*1H. The first-order chi connectivity index (χ1) is 11.7. The molecule has 1 N–H and O–H groups in total. The van der Waals surface area contributed by atoms with Crippen LogP contribution < -0.4 is 0 Å². The van der Waals surface area contributed by atoms with E-state index in [1.807, 2.05) is 30.5 Å². The quantitative estimate of drug-likeness (QED) is 0.777. The highest BCUT2D eigenvalue weighted by atomic mass is 35.5. The summed E-state index contributed by atoms with van der Waals surface area (Å²) in [4.78, 5) is 12.8. The lowest BCUT2D eigenvalue weighted by atomic mass is 9.96. The van der Waals surface area contributed by atoms with E-state index in [0.29, 0.717) is 11.5 Å². The van der Waals surface area contributed by atoms with Crippen LogP contribution in [0.15, 0.2) is 30.5 Å². The van der Waals surface area contributed by atoms with Crippen LogP contribution in [0, 0.1) is 11.3 Å². The second-order valence-electron chi connectivity index (χ2n) is 6.79. The number of nitrogens with zero attached hydrogens (tertiary/aromatic N) is 4. The maximum Gasteiger partial charge on any atom is 0.109 e. The second-order valence-corrected chi connectivity index (χ2v) is 6.79. The lowest BCUT2D eigenvalue weighted by molar-refractivity contribution is 0.191. The Bertz CT molecular complexity index is 718. The van der Waals surface area contributed by atoms with Crippen LogP contribution in [-0.2, 0) is 0 Å². The number of nitrogens with one attached hydrogen (secondary N) is 1. The smallest absolute Gasteiger partial charge is 0.109 e. The number of aromatic nitrogens is 2. The van der Waals surface area contributed by atoms with Crippen molar-refractivity contribution in [2.45, 2.75) is 18.8 Å². The topological polar surface area (TPSA) is 58.9 Å². The summed E-state index contributed by atoms with van der Waals surface area (Å²) in [6.07, 6.45) is 4.20. The zero-order chi connectivity index (χ0) is 16.9. The zero-order valence-corrected chi connectivity index (χ0v) is 18.2. The molecular weight excluding hydrogens is 405 g/mol. The van der Waals surface area contributed by atoms with Crippen molar-refractivity contribution in [3.63, 3.8) is 0 Å². The summed E-state index contributed by atoms with van der Waals surface area (Å²) in [5.41, 5.74) is 2.70. The van der Waals surface area contributed by atoms with Crippen molar-refractivity contribution in [2.24, 2.45) is 0 Å². The predicted molar refractivity (Wildman–Crippen MR) is 117 cm³/mol. The van der Waals surface area contributed by atoms with Gasteiger partial charge in [0.1, 0.15) is 5.82 Å². The van der Waals surface area contributed by atoms with Gasteiger partial charge in [-0.1, -0.05) is 12.1 Å². The van der Waals surface area contributed by atoms with Gasteiger partial charge < -0.3 is 14.8 Å². The summed E-state index contributed by atoms with van der Waals surface area (Å²) in [5, 5.41) is 9.04. The monoisotopic (exact) mass is 431 g/mol. The van der Waals surface area contributed by atoms with Crippen LogP contribution in [0.5, 0.6) is 0 Å². The third-order valence-electron chi connectivity index (χ3n) is 4.74. The van der Waals surface area contributed by atoms with Crippen molar-refractivity contribution in [1.82, 2.24) is 19.8 Å². The van der Waals surface area contributed by atoms with E-state index < -0.39 is 0 Å². The molecule has 1 aromatic carbocycles. The van der Waals surface area contributed by atoms with Gasteiger partial charge in [0.15, 0.2) is 0 Å². The molecule has 0 unspecified atom stereocenters. The van der Waals surface area contributed by atoms with Crippen molar-refractivity contribution in [2.75, 3.05) is 40.3 Å². The van der Waals surface area contributed by atoms with E-state index in [9.17, 15) is 0 Å². The molecule has 1 aliphatic rings. The van der Waals surface area contributed by atoms with Gasteiger partial charge in [-0.15, -0.1) is 37.2 Å². The molecule has 2 heterocycles. The number of likely N-dealkylation sites (tertiary alicyclic amines) is 1. The Balaban J connectivity index is 0.00000225. The first-order valence-corrected chi connectivity index (χ1v) is 8.58. The predicted octanol–water partition coefficient (Wildman–Crippen LogP) is 3.95. The van der Waals surface area contributed by atoms with E-state index in [-0.39, 0.29) is 37.2 Å². The molecule has 1 saturated heterocycles. The summed E-state index contributed by atoms with van der Waals surface area (Å²) >= 11 is 0. The first-order valence-electron chi connectivity index (χ1n) is 8.58. The van der Waals surface area contributed by atoms with Gasteiger partial charge in [-0.2, -0.15) is 5.26 Å². The van der Waals surface area contributed by atoms with Gasteiger partial charge >= 0.3 is 0 Å². The number of aromatic amines is 1. The summed E-state index contributed by atoms with van der Waals surface area (Å²) < 4.78 is 0. The average Bonchev–Trinajstić information content (AvgIpc) is 3.10. The molecule has 3 rings (SSSR count). The summed E-state index contributed by atoms with van der Waals surface area (Å²) in [6.45, 7) is 4.53. The number of nitriles is 1. The first kappa shape index (κ1) is 25.7. The third-order valence-corrected chi connectivity index (χ3v) is 4.74. The Hall–Kier alpha value is -1.29. The number of H-pyrrole nitrogens is 1. The van der Waals surface area contributed by atoms with Crippen LogP contribution in [0.4, 0.5) is 0 Å². The van der Waals surface area contributed by atoms with Crippen LogP contribution >= 0.6 is 37.2 Å². The lowest BCUT2D eigenvalue weighted by Gasteiger charge is -2.31. The van der Waals surface area contributed by atoms with Crippen LogP contribution in [0.25, 0.3) is 11.3 Å². The lowest BCUT2D eigenvalue weighted by Crippen LogP contribution is -2.37. The summed E-state index contributed by atoms with van der Waals surface area (Å²) in [5.74, 6) is 1.59. The fourth-order valence-corrected chi connectivity index (χ4v) is 3.22. The Labute approximate surface area is 180 Å². The second kappa shape index (κ2) is 12.2. The van der Waals surface area contributed by atoms with Crippen molar-refractivity contribution < 1.29 is 0 Å². The van der Waals surface area contributed by atoms with Crippen LogP contribution in [-0.4, -0.2) is 60.0 Å². The fourth-order valence-electron chi connectivity index (χ4n) is 3.22. The third kappa shape index (κ3) is 6.99. The van der Waals surface area contributed by atoms with Crippen LogP contribution in [0.2, 0.25) is 0 Å². The van der Waals surface area contributed by atoms with Crippen molar-refractivity contribution in [1.29, 1.82) is 5.26 Å². The molecule has 2 aromatic rings. The fraction of sp³-hybridized carbons (Fsp3) is 0.474. The molecule has 0 radical (unpaired) electrons. The molecular formula is C19H28Cl3N5. The number of rotatable bonds is 5. The highest BCUT2D eigenvalue weighted by Gasteiger charge is 2.22. The maximum atomic E-state index is 9.04. The minimum Gasteiger partial charge on any atom is -0.342 e. The van der Waals surface area contributed by atoms with Gasteiger partial charge in [0.25, 0.3) is 0 Å². The molecule has 8 heteroatoms. The van der Waals surface area contributed by atoms with Gasteiger partial charge in [-0.25, -0.2) is 4.98 Å². The molecule has 1 aromatic heterocycles. The number of likely N-dealkylation sites (N-methyl/N-ethyl adjacent to an activating group) is 1. The highest BCUT2D eigenvalue weighted by molar-refractivity contribution is 5.86. The number of halogens is 3. The maximum absolute atomic E-state index is 9.04. The molecule has 5 nitrogen and oxygen atoms in total. The Morgan fingerprint density at radius 1 is 1.22 bits per heavy atom. The number of hydrogen-bond donors (Lipinski definition) is 1. The Morgan fingerprint density at radius 2 is 1.93 bits per heavy atom. The van der Waals surface area contributed by atoms with Gasteiger partial charge in [0.2, 0.25) is 0 Å². The Morgan fingerprint density at radius 3 is 2.56 bits per heavy atom. The molecule has 1 fully saturated rings. The SMILES string of the molecule is CN(C)CCN1CCC(c2ncc(-c3cccc(C#N)c3)[nH]2)CC1.Cl.Cl.Cl. The van der Waals surface area contributed by atoms with E-state index >= 15 is 0 Å². The minimum atomic E-state index is 0. The highest BCUT2D eigenvalue weighted by Crippen LogP contribution is 2.28. The molecule has 27 heavy (non-hydrogen) atoms. The number of benzene rings is 1. The van der Waals surface area contributed by atoms with Gasteiger partial charge in [0, 0.05) is 24.6 Å². The molecule has 0 bridgehead atoms. The number of hydrogen-bond acceptors (Lipinski definition) is 4. The van der Waals surface area contributed by atoms with Crippen molar-refractivity contribution in [3.8, 4) is 17.3 Å². The number of piperidine rings is 1. The molecule has 150 valence electrons. The molecule has 0 spiro atoms. The molecule has 0 aliphatic carbocycles. The molecule has 1 aliphatic heterocycles.